The van der Waals surface area contributed by atoms with Gasteiger partial charge in [0.2, 0.25) is 0 Å². The average Bonchev–Trinajstić information content (AvgIpc) is 3.13. The Morgan fingerprint density at radius 1 is 0.413 bits per heavy atom. The molecule has 46 heavy (non-hydrogen) atoms. The summed E-state index contributed by atoms with van der Waals surface area (Å²) in [6.07, 6.45) is 0. The molecular formula is C42H24N4. The number of para-hydroxylation sites is 1. The smallest absolute Gasteiger partial charge is 0.177 e. The fourth-order valence-corrected chi connectivity index (χ4v) is 6.23. The molecule has 0 saturated heterocycles. The van der Waals surface area contributed by atoms with E-state index in [9.17, 15) is 0 Å². The highest BCUT2D eigenvalue weighted by molar-refractivity contribution is 6.05. The van der Waals surface area contributed by atoms with Crippen LogP contribution >= 0.6 is 0 Å². The van der Waals surface area contributed by atoms with Crippen molar-refractivity contribution in [1.82, 2.24) is 9.97 Å². The van der Waals surface area contributed by atoms with E-state index in [1.165, 1.54) is 10.8 Å². The molecule has 1 aromatic heterocycles. The Labute approximate surface area is 266 Å². The van der Waals surface area contributed by atoms with Crippen LogP contribution in [-0.2, 0) is 0 Å². The zero-order valence-electron chi connectivity index (χ0n) is 24.6. The van der Waals surface area contributed by atoms with Crippen LogP contribution in [0.25, 0.3) is 87.0 Å². The van der Waals surface area contributed by atoms with Crippen LogP contribution in [0.3, 0.4) is 0 Å². The molecule has 0 bridgehead atoms. The average molecular weight is 585 g/mol. The number of hydrogen-bond donors (Lipinski definition) is 0. The lowest BCUT2D eigenvalue weighted by Gasteiger charge is -2.14. The summed E-state index contributed by atoms with van der Waals surface area (Å²) in [4.78, 5) is 17.4. The molecule has 1 heterocycles. The van der Waals surface area contributed by atoms with Gasteiger partial charge in [-0.15, -0.1) is 0 Å². The van der Waals surface area contributed by atoms with Gasteiger partial charge < -0.3 is 0 Å². The van der Waals surface area contributed by atoms with E-state index >= 15 is 0 Å². The van der Waals surface area contributed by atoms with E-state index in [1.54, 1.807) is 6.07 Å². The third-order valence-corrected chi connectivity index (χ3v) is 8.48. The second kappa shape index (κ2) is 11.1. The summed E-state index contributed by atoms with van der Waals surface area (Å²) < 4.78 is 0. The van der Waals surface area contributed by atoms with Crippen LogP contribution < -0.4 is 0 Å². The molecule has 0 aliphatic rings. The van der Waals surface area contributed by atoms with Crippen LogP contribution in [0.4, 0.5) is 11.4 Å². The third kappa shape index (κ3) is 4.72. The van der Waals surface area contributed by atoms with Crippen LogP contribution in [0, 0.1) is 13.1 Å². The predicted octanol–water partition coefficient (Wildman–Crippen LogP) is 11.7. The molecule has 8 aromatic rings. The summed E-state index contributed by atoms with van der Waals surface area (Å²) in [6.45, 7) is 14.8. The summed E-state index contributed by atoms with van der Waals surface area (Å²) in [6, 6.07) is 49.4. The topological polar surface area (TPSA) is 34.5 Å². The van der Waals surface area contributed by atoms with Crippen molar-refractivity contribution in [3.8, 4) is 44.9 Å². The lowest BCUT2D eigenvalue weighted by Crippen LogP contribution is -1.96. The van der Waals surface area contributed by atoms with Crippen molar-refractivity contribution in [3.05, 3.63) is 168 Å². The summed E-state index contributed by atoms with van der Waals surface area (Å²) in [5.74, 6) is 0.690. The molecule has 0 unspecified atom stereocenters. The number of hydrogen-bond acceptors (Lipinski definition) is 2. The molecule has 0 aliphatic heterocycles. The summed E-state index contributed by atoms with van der Waals surface area (Å²) >= 11 is 0. The zero-order valence-corrected chi connectivity index (χ0v) is 24.6. The first kappa shape index (κ1) is 27.0. The van der Waals surface area contributed by atoms with Gasteiger partial charge in [0.1, 0.15) is 0 Å². The Morgan fingerprint density at radius 2 is 1.00 bits per heavy atom. The molecule has 0 spiro atoms. The second-order valence-corrected chi connectivity index (χ2v) is 11.2. The normalized spacial score (nSPS) is 11.0. The van der Waals surface area contributed by atoms with E-state index < -0.39 is 0 Å². The van der Waals surface area contributed by atoms with Crippen LogP contribution in [0.5, 0.6) is 0 Å². The number of rotatable bonds is 4. The van der Waals surface area contributed by atoms with Gasteiger partial charge in [0.25, 0.3) is 0 Å². The van der Waals surface area contributed by atoms with Crippen LogP contribution in [-0.4, -0.2) is 9.97 Å². The van der Waals surface area contributed by atoms with E-state index in [2.05, 4.69) is 125 Å². The summed E-state index contributed by atoms with van der Waals surface area (Å²) in [5.41, 5.74) is 8.81. The molecule has 0 fully saturated rings. The fraction of sp³-hybridized carbons (Fsp3) is 0. The van der Waals surface area contributed by atoms with Crippen LogP contribution in [0.2, 0.25) is 0 Å². The summed E-state index contributed by atoms with van der Waals surface area (Å²) in [7, 11) is 0. The maximum absolute atomic E-state index is 7.41. The van der Waals surface area contributed by atoms with E-state index in [0.717, 1.165) is 60.8 Å². The Balaban J connectivity index is 1.25. The van der Waals surface area contributed by atoms with E-state index in [-0.39, 0.29) is 0 Å². The molecule has 0 saturated carbocycles. The van der Waals surface area contributed by atoms with Crippen molar-refractivity contribution in [2.24, 2.45) is 0 Å². The lowest BCUT2D eigenvalue weighted by atomic mass is 9.93. The molecule has 8 rings (SSSR count). The van der Waals surface area contributed by atoms with Crippen molar-refractivity contribution in [2.75, 3.05) is 0 Å². The van der Waals surface area contributed by atoms with Crippen molar-refractivity contribution in [3.63, 3.8) is 0 Å². The SMILES string of the molecule is [C-]#[N+]c1cc([N+]#[C-])cc(-c2ccc(-c3ccc(-c4nc(-c5ccc6ccccc6c5)c5ccccc5n4)c4ccccc34)cc2)c1. The first-order chi connectivity index (χ1) is 22.7. The van der Waals surface area contributed by atoms with E-state index in [0.29, 0.717) is 17.2 Å². The van der Waals surface area contributed by atoms with Crippen molar-refractivity contribution in [2.45, 2.75) is 0 Å². The Hall–Kier alpha value is -6.62. The monoisotopic (exact) mass is 584 g/mol. The van der Waals surface area contributed by atoms with Gasteiger partial charge in [0.05, 0.1) is 24.4 Å². The summed E-state index contributed by atoms with van der Waals surface area (Å²) in [5, 5.41) is 5.59. The highest BCUT2D eigenvalue weighted by Crippen LogP contribution is 2.38. The zero-order chi connectivity index (χ0) is 31.0. The van der Waals surface area contributed by atoms with Gasteiger partial charge in [0, 0.05) is 16.5 Å². The molecule has 0 radical (unpaired) electrons. The standard InChI is InChI=1S/C42H24N4/c1-43-33-24-32(25-34(26-33)44-2)28-15-18-29(19-16-28)35-21-22-38(37-12-6-5-11-36(35)37)42-45-40-14-8-7-13-39(40)41(46-42)31-20-17-27-9-3-4-10-30(27)23-31/h3-26H. The molecule has 0 aliphatic carbocycles. The minimum Gasteiger partial charge on any atom is -0.239 e. The molecule has 7 aromatic carbocycles. The minimum atomic E-state index is 0.467. The highest BCUT2D eigenvalue weighted by atomic mass is 14.9. The number of benzene rings is 7. The largest absolute Gasteiger partial charge is 0.239 e. The van der Waals surface area contributed by atoms with Crippen molar-refractivity contribution < 1.29 is 0 Å². The van der Waals surface area contributed by atoms with Crippen LogP contribution in [0.15, 0.2) is 146 Å². The Bertz CT molecular complexity index is 2520. The van der Waals surface area contributed by atoms with Gasteiger partial charge in [-0.2, -0.15) is 0 Å². The van der Waals surface area contributed by atoms with Gasteiger partial charge >= 0.3 is 0 Å². The van der Waals surface area contributed by atoms with Gasteiger partial charge in [-0.1, -0.05) is 127 Å². The van der Waals surface area contributed by atoms with Gasteiger partial charge in [0.15, 0.2) is 17.2 Å². The molecular weight excluding hydrogens is 560 g/mol. The predicted molar refractivity (Wildman–Crippen MR) is 189 cm³/mol. The molecule has 0 amide bonds. The third-order valence-electron chi connectivity index (χ3n) is 8.48. The first-order valence-corrected chi connectivity index (χ1v) is 15.0. The maximum atomic E-state index is 7.41. The Morgan fingerprint density at radius 3 is 1.74 bits per heavy atom. The molecule has 4 nitrogen and oxygen atoms in total. The molecule has 0 N–H and O–H groups in total. The van der Waals surface area contributed by atoms with E-state index in [4.69, 9.17) is 23.1 Å². The second-order valence-electron chi connectivity index (χ2n) is 11.2. The quantitative estimate of drug-likeness (QED) is 0.193. The highest BCUT2D eigenvalue weighted by Gasteiger charge is 2.16. The molecule has 4 heteroatoms. The number of aromatic nitrogens is 2. The van der Waals surface area contributed by atoms with E-state index in [1.807, 2.05) is 24.3 Å². The minimum absolute atomic E-state index is 0.467. The van der Waals surface area contributed by atoms with Gasteiger partial charge in [-0.3, -0.25) is 0 Å². The van der Waals surface area contributed by atoms with Crippen LogP contribution in [0.1, 0.15) is 0 Å². The first-order valence-electron chi connectivity index (χ1n) is 15.0. The Kier molecular flexibility index (Phi) is 6.53. The fourth-order valence-electron chi connectivity index (χ4n) is 6.23. The lowest BCUT2D eigenvalue weighted by molar-refractivity contribution is 1.23. The number of nitrogens with zero attached hydrogens (tertiary/aromatic N) is 4. The van der Waals surface area contributed by atoms with Gasteiger partial charge in [-0.05, 0) is 62.0 Å². The maximum Gasteiger partial charge on any atom is 0.177 e. The molecule has 0 atom stereocenters. The number of fused-ring (bicyclic) bond motifs is 3. The van der Waals surface area contributed by atoms with Gasteiger partial charge in [-0.25, -0.2) is 19.7 Å². The van der Waals surface area contributed by atoms with Crippen molar-refractivity contribution in [1.29, 1.82) is 0 Å². The van der Waals surface area contributed by atoms with Crippen molar-refractivity contribution >= 4 is 43.8 Å². The molecule has 212 valence electrons.